The molecular formula is C18H13NO3. The van der Waals surface area contributed by atoms with Gasteiger partial charge in [-0.15, -0.1) is 0 Å². The molecule has 4 nitrogen and oxygen atoms in total. The van der Waals surface area contributed by atoms with E-state index in [9.17, 15) is 15.0 Å². The third-order valence-corrected chi connectivity index (χ3v) is 3.39. The average molecular weight is 291 g/mol. The molecule has 0 radical (unpaired) electrons. The lowest BCUT2D eigenvalue weighted by molar-refractivity contribution is 0.0694. The fourth-order valence-electron chi connectivity index (χ4n) is 2.31. The lowest BCUT2D eigenvalue weighted by Gasteiger charge is -2.08. The summed E-state index contributed by atoms with van der Waals surface area (Å²) < 4.78 is 0. The molecule has 3 rings (SSSR count). The third kappa shape index (κ3) is 2.54. The van der Waals surface area contributed by atoms with E-state index in [2.05, 4.69) is 4.99 Å². The minimum Gasteiger partial charge on any atom is -0.506 e. The van der Waals surface area contributed by atoms with Crippen LogP contribution in [0, 0.1) is 0 Å². The lowest BCUT2D eigenvalue weighted by Crippen LogP contribution is -2.00. The minimum absolute atomic E-state index is 0.131. The van der Waals surface area contributed by atoms with Crippen LogP contribution >= 0.6 is 0 Å². The van der Waals surface area contributed by atoms with Gasteiger partial charge in [-0.1, -0.05) is 42.5 Å². The molecule has 4 heteroatoms. The first-order chi connectivity index (χ1) is 10.7. The molecule has 3 aromatic rings. The second kappa shape index (κ2) is 5.69. The Balaban J connectivity index is 2.20. The summed E-state index contributed by atoms with van der Waals surface area (Å²) in [5.74, 6) is -1.44. The molecule has 0 aliphatic heterocycles. The number of benzene rings is 3. The predicted octanol–water partition coefficient (Wildman–Crippen LogP) is 3.99. The largest absolute Gasteiger partial charge is 0.506 e. The first kappa shape index (κ1) is 13.8. The second-order valence-corrected chi connectivity index (χ2v) is 4.81. The van der Waals surface area contributed by atoms with Crippen molar-refractivity contribution in [3.63, 3.8) is 0 Å². The zero-order valence-corrected chi connectivity index (χ0v) is 11.6. The molecule has 0 heterocycles. The van der Waals surface area contributed by atoms with Crippen molar-refractivity contribution in [2.75, 3.05) is 0 Å². The summed E-state index contributed by atoms with van der Waals surface area (Å²) in [4.78, 5) is 15.6. The highest BCUT2D eigenvalue weighted by atomic mass is 16.4. The van der Waals surface area contributed by atoms with Gasteiger partial charge in [-0.3, -0.25) is 4.99 Å². The van der Waals surface area contributed by atoms with Crippen LogP contribution in [-0.4, -0.2) is 22.4 Å². The van der Waals surface area contributed by atoms with Gasteiger partial charge in [0.2, 0.25) is 0 Å². The van der Waals surface area contributed by atoms with Crippen LogP contribution in [0.15, 0.2) is 65.7 Å². The summed E-state index contributed by atoms with van der Waals surface area (Å²) in [6.07, 6.45) is 1.50. The minimum atomic E-state index is -1.17. The van der Waals surface area contributed by atoms with Crippen molar-refractivity contribution in [2.45, 2.75) is 0 Å². The Morgan fingerprint density at radius 3 is 2.41 bits per heavy atom. The van der Waals surface area contributed by atoms with Crippen LogP contribution in [0.4, 0.5) is 5.69 Å². The number of hydrogen-bond acceptors (Lipinski definition) is 3. The number of rotatable bonds is 3. The van der Waals surface area contributed by atoms with Crippen LogP contribution in [0.3, 0.4) is 0 Å². The molecule has 22 heavy (non-hydrogen) atoms. The first-order valence-corrected chi connectivity index (χ1v) is 6.74. The Hall–Kier alpha value is -3.14. The Kier molecular flexibility index (Phi) is 3.58. The Labute approximate surface area is 127 Å². The molecule has 0 saturated carbocycles. The summed E-state index contributed by atoms with van der Waals surface area (Å²) in [5.41, 5.74) is 0.999. The number of aromatic carboxylic acids is 1. The summed E-state index contributed by atoms with van der Waals surface area (Å²) in [7, 11) is 0. The van der Waals surface area contributed by atoms with E-state index in [-0.39, 0.29) is 11.3 Å². The van der Waals surface area contributed by atoms with Crippen molar-refractivity contribution in [2.24, 2.45) is 4.99 Å². The molecular weight excluding hydrogens is 278 g/mol. The standard InChI is InChI=1S/C18H13NO3/c20-17-15(18(21)22)10-12-6-4-5-9-14(12)16(17)11-19-13-7-2-1-3-8-13/h1-11,20H,(H,21,22). The number of nitrogens with zero attached hydrogens (tertiary/aromatic N) is 1. The van der Waals surface area contributed by atoms with E-state index in [1.807, 2.05) is 48.5 Å². The number of aromatic hydroxyl groups is 1. The van der Waals surface area contributed by atoms with Crippen molar-refractivity contribution >= 4 is 28.6 Å². The maximum Gasteiger partial charge on any atom is 0.339 e. The average Bonchev–Trinajstić information content (AvgIpc) is 2.54. The summed E-state index contributed by atoms with van der Waals surface area (Å²) >= 11 is 0. The van der Waals surface area contributed by atoms with Crippen LogP contribution in [0.1, 0.15) is 15.9 Å². The van der Waals surface area contributed by atoms with E-state index in [0.29, 0.717) is 5.56 Å². The Morgan fingerprint density at radius 1 is 1.00 bits per heavy atom. The number of aliphatic imine (C=N–C) groups is 1. The monoisotopic (exact) mass is 291 g/mol. The highest BCUT2D eigenvalue weighted by molar-refractivity contribution is 6.08. The van der Waals surface area contributed by atoms with Crippen LogP contribution in [0.25, 0.3) is 10.8 Å². The first-order valence-electron chi connectivity index (χ1n) is 6.74. The number of carbonyl (C=O) groups is 1. The zero-order valence-electron chi connectivity index (χ0n) is 11.6. The predicted molar refractivity (Wildman–Crippen MR) is 86.3 cm³/mol. The topological polar surface area (TPSA) is 69.9 Å². The number of hydrogen-bond donors (Lipinski definition) is 2. The van der Waals surface area contributed by atoms with Crippen molar-refractivity contribution in [3.05, 3.63) is 71.8 Å². The molecule has 0 spiro atoms. The van der Waals surface area contributed by atoms with E-state index in [4.69, 9.17) is 0 Å². The van der Waals surface area contributed by atoms with Crippen LogP contribution in [0.2, 0.25) is 0 Å². The molecule has 108 valence electrons. The number of carboxylic acid groups (broad SMARTS) is 1. The van der Waals surface area contributed by atoms with E-state index in [0.717, 1.165) is 16.5 Å². The van der Waals surface area contributed by atoms with Crippen LogP contribution < -0.4 is 0 Å². The van der Waals surface area contributed by atoms with E-state index in [1.165, 1.54) is 12.3 Å². The number of phenols is 1. The van der Waals surface area contributed by atoms with Gasteiger partial charge in [0.15, 0.2) is 0 Å². The molecule has 0 saturated heterocycles. The second-order valence-electron chi connectivity index (χ2n) is 4.81. The van der Waals surface area contributed by atoms with Gasteiger partial charge in [0, 0.05) is 11.8 Å². The zero-order chi connectivity index (χ0) is 15.5. The summed E-state index contributed by atoms with van der Waals surface area (Å²) in [6.45, 7) is 0. The maximum atomic E-state index is 11.3. The molecule has 0 aliphatic carbocycles. The van der Waals surface area contributed by atoms with Gasteiger partial charge in [0.1, 0.15) is 11.3 Å². The normalized spacial score (nSPS) is 11.1. The molecule has 0 aromatic heterocycles. The Morgan fingerprint density at radius 2 is 1.68 bits per heavy atom. The van der Waals surface area contributed by atoms with Gasteiger partial charge in [0.05, 0.1) is 5.69 Å². The van der Waals surface area contributed by atoms with Crippen molar-refractivity contribution in [1.82, 2.24) is 0 Å². The Bertz CT molecular complexity index is 870. The lowest BCUT2D eigenvalue weighted by atomic mass is 10.00. The van der Waals surface area contributed by atoms with Crippen LogP contribution in [0.5, 0.6) is 5.75 Å². The van der Waals surface area contributed by atoms with E-state index < -0.39 is 5.97 Å². The van der Waals surface area contributed by atoms with Crippen molar-refractivity contribution in [3.8, 4) is 5.75 Å². The highest BCUT2D eigenvalue weighted by Crippen LogP contribution is 2.30. The van der Waals surface area contributed by atoms with Gasteiger partial charge in [0.25, 0.3) is 0 Å². The number of carboxylic acids is 1. The molecule has 0 aliphatic rings. The summed E-state index contributed by atoms with van der Waals surface area (Å²) in [5, 5.41) is 21.0. The van der Waals surface area contributed by atoms with E-state index >= 15 is 0 Å². The van der Waals surface area contributed by atoms with Crippen LogP contribution in [-0.2, 0) is 0 Å². The summed E-state index contributed by atoms with van der Waals surface area (Å²) in [6, 6.07) is 18.0. The third-order valence-electron chi connectivity index (χ3n) is 3.39. The molecule has 0 amide bonds. The van der Waals surface area contributed by atoms with Gasteiger partial charge in [-0.05, 0) is 29.0 Å². The van der Waals surface area contributed by atoms with Gasteiger partial charge < -0.3 is 10.2 Å². The number of para-hydroxylation sites is 1. The van der Waals surface area contributed by atoms with Crippen molar-refractivity contribution in [1.29, 1.82) is 0 Å². The van der Waals surface area contributed by atoms with Gasteiger partial charge in [-0.2, -0.15) is 0 Å². The molecule has 3 aromatic carbocycles. The molecule has 0 bridgehead atoms. The highest BCUT2D eigenvalue weighted by Gasteiger charge is 2.16. The quantitative estimate of drug-likeness (QED) is 0.717. The molecule has 0 atom stereocenters. The van der Waals surface area contributed by atoms with E-state index in [1.54, 1.807) is 6.07 Å². The molecule has 0 unspecified atom stereocenters. The van der Waals surface area contributed by atoms with Crippen molar-refractivity contribution < 1.29 is 15.0 Å². The smallest absolute Gasteiger partial charge is 0.339 e. The molecule has 2 N–H and O–H groups in total. The van der Waals surface area contributed by atoms with Gasteiger partial charge in [-0.25, -0.2) is 4.79 Å². The fraction of sp³-hybridized carbons (Fsp3) is 0. The SMILES string of the molecule is O=C(O)c1cc2ccccc2c(C=Nc2ccccc2)c1O. The van der Waals surface area contributed by atoms with Gasteiger partial charge >= 0.3 is 5.97 Å². The number of fused-ring (bicyclic) bond motifs is 1. The fourth-order valence-corrected chi connectivity index (χ4v) is 2.31. The molecule has 0 fully saturated rings. The maximum absolute atomic E-state index is 11.3.